The monoisotopic (exact) mass is 475 g/mol. The molecular weight excluding hydrogens is 446 g/mol. The summed E-state index contributed by atoms with van der Waals surface area (Å²) in [5.74, 6) is -0.148. The molecule has 0 aliphatic rings. The number of fused-ring (bicyclic) bond motifs is 1. The Labute approximate surface area is 210 Å². The fourth-order valence-electron chi connectivity index (χ4n) is 4.09. The molecule has 0 fully saturated rings. The first-order chi connectivity index (χ1) is 17.4. The molecule has 2 heterocycles. The minimum atomic E-state index is -0.148. The largest absolute Gasteiger partial charge is 0.355 e. The fourth-order valence-corrected chi connectivity index (χ4v) is 4.09. The van der Waals surface area contributed by atoms with Crippen LogP contribution in [-0.2, 0) is 14.1 Å². The average Bonchev–Trinajstić information content (AvgIpc) is 2.88. The maximum absolute atomic E-state index is 12.8. The molecule has 36 heavy (non-hydrogen) atoms. The topological polar surface area (TPSA) is 60.9 Å². The highest BCUT2D eigenvalue weighted by Gasteiger charge is 2.11. The van der Waals surface area contributed by atoms with Gasteiger partial charge in [0.1, 0.15) is 14.1 Å². The Morgan fingerprint density at radius 2 is 1.28 bits per heavy atom. The lowest BCUT2D eigenvalue weighted by molar-refractivity contribution is -0.671. The second kappa shape index (κ2) is 9.88. The van der Waals surface area contributed by atoms with Crippen LogP contribution in [0.3, 0.4) is 0 Å². The molecule has 2 aromatic heterocycles. The van der Waals surface area contributed by atoms with Crippen molar-refractivity contribution in [3.63, 3.8) is 0 Å². The number of anilines is 5. The number of aryl methyl sites for hydroxylation is 3. The van der Waals surface area contributed by atoms with Gasteiger partial charge in [0.15, 0.2) is 18.6 Å². The highest BCUT2D eigenvalue weighted by molar-refractivity contribution is 6.04. The van der Waals surface area contributed by atoms with E-state index in [4.69, 9.17) is 0 Å². The van der Waals surface area contributed by atoms with Crippen molar-refractivity contribution in [1.82, 2.24) is 0 Å². The first-order valence-electron chi connectivity index (χ1n) is 11.8. The second-order valence-corrected chi connectivity index (χ2v) is 8.97. The summed E-state index contributed by atoms with van der Waals surface area (Å²) in [6.07, 6.45) is 6.02. The molecule has 0 unspecified atom stereocenters. The van der Waals surface area contributed by atoms with Gasteiger partial charge in [0.2, 0.25) is 5.52 Å². The summed E-state index contributed by atoms with van der Waals surface area (Å²) in [5, 5.41) is 11.0. The summed E-state index contributed by atoms with van der Waals surface area (Å²) in [5.41, 5.74) is 7.62. The van der Waals surface area contributed by atoms with Gasteiger partial charge in [-0.1, -0.05) is 6.07 Å². The number of hydrogen-bond acceptors (Lipinski definition) is 3. The van der Waals surface area contributed by atoms with Crippen LogP contribution in [0.25, 0.3) is 10.9 Å². The summed E-state index contributed by atoms with van der Waals surface area (Å²) in [7, 11) is 4.03. The molecule has 6 nitrogen and oxygen atoms in total. The van der Waals surface area contributed by atoms with Crippen LogP contribution in [0.1, 0.15) is 15.9 Å². The van der Waals surface area contributed by atoms with Crippen molar-refractivity contribution in [2.24, 2.45) is 14.1 Å². The average molecular weight is 476 g/mol. The van der Waals surface area contributed by atoms with E-state index >= 15 is 0 Å². The molecule has 0 atom stereocenters. The second-order valence-electron chi connectivity index (χ2n) is 8.97. The molecule has 0 radical (unpaired) electrons. The summed E-state index contributed by atoms with van der Waals surface area (Å²) < 4.78 is 4.09. The van der Waals surface area contributed by atoms with Crippen LogP contribution in [0.2, 0.25) is 0 Å². The van der Waals surface area contributed by atoms with Crippen molar-refractivity contribution in [3.8, 4) is 0 Å². The standard InChI is InChI=1S/C30H27N5O/c1-21-4-13-29-27(20-21)28(16-19-35(29)3)32-24-7-5-22(6-8-24)30(36)33-25-11-9-23(10-12-25)31-26-14-17-34(2)18-15-26/h4-20H,1-3H3,(H,33,36)/p+2. The maximum atomic E-state index is 12.8. The van der Waals surface area contributed by atoms with Gasteiger partial charge in [-0.3, -0.25) is 4.79 Å². The Balaban J connectivity index is 1.24. The molecular formula is C30H29N5O+2. The first-order valence-corrected chi connectivity index (χ1v) is 11.8. The molecule has 0 saturated carbocycles. The van der Waals surface area contributed by atoms with Crippen molar-refractivity contribution < 1.29 is 13.9 Å². The summed E-state index contributed by atoms with van der Waals surface area (Å²) in [6.45, 7) is 2.09. The van der Waals surface area contributed by atoms with Gasteiger partial charge in [-0.2, -0.15) is 0 Å². The smallest absolute Gasteiger partial charge is 0.255 e. The predicted molar refractivity (Wildman–Crippen MR) is 145 cm³/mol. The van der Waals surface area contributed by atoms with Crippen LogP contribution in [0.5, 0.6) is 0 Å². The zero-order valence-corrected chi connectivity index (χ0v) is 20.6. The van der Waals surface area contributed by atoms with E-state index in [1.807, 2.05) is 97.9 Å². The predicted octanol–water partition coefficient (Wildman–Crippen LogP) is 5.54. The van der Waals surface area contributed by atoms with Crippen LogP contribution in [0.15, 0.2) is 104 Å². The molecule has 6 heteroatoms. The number of benzene rings is 3. The van der Waals surface area contributed by atoms with Crippen LogP contribution in [0, 0.1) is 6.92 Å². The third-order valence-electron chi connectivity index (χ3n) is 6.12. The molecule has 0 saturated heterocycles. The Morgan fingerprint density at radius 3 is 2.00 bits per heavy atom. The molecule has 178 valence electrons. The molecule has 3 aromatic carbocycles. The first kappa shape index (κ1) is 23.1. The molecule has 0 bridgehead atoms. The third-order valence-corrected chi connectivity index (χ3v) is 6.12. The van der Waals surface area contributed by atoms with Gasteiger partial charge in [0, 0.05) is 46.9 Å². The Hall–Kier alpha value is -4.71. The van der Waals surface area contributed by atoms with E-state index in [0.29, 0.717) is 5.56 Å². The number of carbonyl (C=O) groups excluding carboxylic acids is 1. The number of hydrogen-bond donors (Lipinski definition) is 3. The van der Waals surface area contributed by atoms with E-state index in [2.05, 4.69) is 51.7 Å². The molecule has 0 aliphatic carbocycles. The Morgan fingerprint density at radius 1 is 0.667 bits per heavy atom. The van der Waals surface area contributed by atoms with Gasteiger partial charge in [-0.15, -0.1) is 0 Å². The van der Waals surface area contributed by atoms with Gasteiger partial charge in [0.05, 0.1) is 16.8 Å². The number of pyridine rings is 2. The van der Waals surface area contributed by atoms with Gasteiger partial charge in [-0.05, 0) is 67.1 Å². The molecule has 0 spiro atoms. The number of aromatic nitrogens is 2. The maximum Gasteiger partial charge on any atom is 0.255 e. The quantitative estimate of drug-likeness (QED) is 0.283. The third kappa shape index (κ3) is 5.18. The highest BCUT2D eigenvalue weighted by Crippen LogP contribution is 2.26. The molecule has 5 rings (SSSR count). The van der Waals surface area contributed by atoms with Crippen molar-refractivity contribution in [2.75, 3.05) is 16.0 Å². The Bertz CT molecular complexity index is 1530. The van der Waals surface area contributed by atoms with Crippen LogP contribution in [-0.4, -0.2) is 5.91 Å². The number of nitrogens with zero attached hydrogens (tertiary/aromatic N) is 2. The molecule has 3 N–H and O–H groups in total. The minimum absolute atomic E-state index is 0.148. The highest BCUT2D eigenvalue weighted by atomic mass is 16.1. The van der Waals surface area contributed by atoms with E-state index in [-0.39, 0.29) is 5.91 Å². The fraction of sp³-hybridized carbons (Fsp3) is 0.100. The lowest BCUT2D eigenvalue weighted by Crippen LogP contribution is -2.28. The van der Waals surface area contributed by atoms with E-state index in [1.54, 1.807) is 0 Å². The van der Waals surface area contributed by atoms with Crippen LogP contribution >= 0.6 is 0 Å². The SMILES string of the molecule is Cc1ccc2c(c1)c(Nc1ccc(C(=O)Nc3ccc(Nc4cc[n+](C)cc4)cc3)cc1)cc[n+]2C. The summed E-state index contributed by atoms with van der Waals surface area (Å²) in [6, 6.07) is 27.7. The van der Waals surface area contributed by atoms with E-state index in [9.17, 15) is 4.79 Å². The Kier molecular flexibility index (Phi) is 6.33. The molecule has 1 amide bonds. The summed E-state index contributed by atoms with van der Waals surface area (Å²) >= 11 is 0. The van der Waals surface area contributed by atoms with Gasteiger partial charge < -0.3 is 16.0 Å². The summed E-state index contributed by atoms with van der Waals surface area (Å²) in [4.78, 5) is 12.8. The lowest BCUT2D eigenvalue weighted by atomic mass is 10.1. The van der Waals surface area contributed by atoms with Gasteiger partial charge >= 0.3 is 0 Å². The van der Waals surface area contributed by atoms with E-state index in [0.717, 1.165) is 39.3 Å². The van der Waals surface area contributed by atoms with Gasteiger partial charge in [0.25, 0.3) is 5.91 Å². The number of carbonyl (C=O) groups is 1. The zero-order valence-electron chi connectivity index (χ0n) is 20.6. The van der Waals surface area contributed by atoms with E-state index in [1.165, 1.54) is 5.56 Å². The van der Waals surface area contributed by atoms with Crippen LogP contribution < -0.4 is 25.1 Å². The minimum Gasteiger partial charge on any atom is -0.355 e. The van der Waals surface area contributed by atoms with Crippen molar-refractivity contribution in [1.29, 1.82) is 0 Å². The van der Waals surface area contributed by atoms with Gasteiger partial charge in [-0.25, -0.2) is 9.13 Å². The van der Waals surface area contributed by atoms with Crippen molar-refractivity contribution >= 4 is 45.2 Å². The number of rotatable bonds is 6. The lowest BCUT2D eigenvalue weighted by Gasteiger charge is -2.11. The van der Waals surface area contributed by atoms with Crippen molar-refractivity contribution in [2.45, 2.75) is 6.92 Å². The molecule has 0 aliphatic heterocycles. The number of amides is 1. The number of nitrogens with one attached hydrogen (secondary N) is 3. The normalized spacial score (nSPS) is 10.8. The van der Waals surface area contributed by atoms with Crippen molar-refractivity contribution in [3.05, 3.63) is 115 Å². The van der Waals surface area contributed by atoms with Crippen LogP contribution in [0.4, 0.5) is 28.4 Å². The zero-order chi connectivity index (χ0) is 25.1. The van der Waals surface area contributed by atoms with E-state index < -0.39 is 0 Å². The molecule has 5 aromatic rings.